The lowest BCUT2D eigenvalue weighted by molar-refractivity contribution is -0.187. The van der Waals surface area contributed by atoms with Crippen LogP contribution in [0, 0.1) is 5.41 Å². The lowest BCUT2D eigenvalue weighted by atomic mass is 9.68. The third-order valence-electron chi connectivity index (χ3n) is 3.60. The molecule has 0 unspecified atom stereocenters. The number of carbonyl (C=O) groups is 2. The van der Waals surface area contributed by atoms with Gasteiger partial charge in [-0.1, -0.05) is 30.3 Å². The lowest BCUT2D eigenvalue weighted by Crippen LogP contribution is -2.49. The fraction of sp³-hybridized carbons (Fsp3) is 0.529. The quantitative estimate of drug-likeness (QED) is 0.631. The number of carbonyl (C=O) groups excluding carboxylic acids is 2. The van der Waals surface area contributed by atoms with E-state index in [0.29, 0.717) is 12.8 Å². The molecule has 1 aromatic rings. The molecule has 0 aromatic heterocycles. The average molecular weight is 290 g/mol. The summed E-state index contributed by atoms with van der Waals surface area (Å²) in [6, 6.07) is 9.44. The number of esters is 2. The standard InChI is InChI=1S/C17H22O4/c1-16(2,3)21-15(19)17(10-7-11-17)14(18)20-12-13-8-5-4-6-9-13/h4-6,8-9H,7,10-12H2,1-3H3. The van der Waals surface area contributed by atoms with E-state index in [1.165, 1.54) is 0 Å². The first kappa shape index (κ1) is 15.5. The number of hydrogen-bond donors (Lipinski definition) is 0. The third kappa shape index (κ3) is 3.63. The van der Waals surface area contributed by atoms with E-state index in [2.05, 4.69) is 0 Å². The van der Waals surface area contributed by atoms with Crippen molar-refractivity contribution in [1.29, 1.82) is 0 Å². The second-order valence-corrected chi connectivity index (χ2v) is 6.50. The summed E-state index contributed by atoms with van der Waals surface area (Å²) in [5, 5.41) is 0. The molecule has 0 spiro atoms. The molecule has 2 rings (SSSR count). The summed E-state index contributed by atoms with van der Waals surface area (Å²) in [6.07, 6.45) is 1.87. The maximum absolute atomic E-state index is 12.3. The fourth-order valence-electron chi connectivity index (χ4n) is 2.26. The summed E-state index contributed by atoms with van der Waals surface area (Å²) >= 11 is 0. The maximum Gasteiger partial charge on any atom is 0.324 e. The molecule has 0 amide bonds. The van der Waals surface area contributed by atoms with Crippen molar-refractivity contribution >= 4 is 11.9 Å². The van der Waals surface area contributed by atoms with E-state index in [4.69, 9.17) is 9.47 Å². The SMILES string of the molecule is CC(C)(C)OC(=O)C1(C(=O)OCc2ccccc2)CCC1. The Morgan fingerprint density at radius 2 is 1.71 bits per heavy atom. The highest BCUT2D eigenvalue weighted by atomic mass is 16.6. The molecule has 0 bridgehead atoms. The Hall–Kier alpha value is -1.84. The van der Waals surface area contributed by atoms with E-state index in [9.17, 15) is 9.59 Å². The van der Waals surface area contributed by atoms with Gasteiger partial charge in [-0.05, 0) is 45.6 Å². The second-order valence-electron chi connectivity index (χ2n) is 6.50. The Balaban J connectivity index is 2.00. The van der Waals surface area contributed by atoms with Crippen molar-refractivity contribution in [3.63, 3.8) is 0 Å². The molecule has 4 nitrogen and oxygen atoms in total. The van der Waals surface area contributed by atoms with Crippen LogP contribution in [-0.4, -0.2) is 17.5 Å². The topological polar surface area (TPSA) is 52.6 Å². The summed E-state index contributed by atoms with van der Waals surface area (Å²) in [5.74, 6) is -0.925. The predicted octanol–water partition coefficient (Wildman–Crippen LogP) is 3.24. The number of rotatable bonds is 4. The first-order chi connectivity index (χ1) is 9.83. The van der Waals surface area contributed by atoms with Gasteiger partial charge in [-0.15, -0.1) is 0 Å². The number of ether oxygens (including phenoxy) is 2. The minimum absolute atomic E-state index is 0.185. The third-order valence-corrected chi connectivity index (χ3v) is 3.60. The van der Waals surface area contributed by atoms with Crippen molar-refractivity contribution in [2.75, 3.05) is 0 Å². The van der Waals surface area contributed by atoms with E-state index in [1.807, 2.05) is 30.3 Å². The largest absolute Gasteiger partial charge is 0.460 e. The van der Waals surface area contributed by atoms with Crippen LogP contribution in [0.25, 0.3) is 0 Å². The van der Waals surface area contributed by atoms with Crippen LogP contribution in [-0.2, 0) is 25.7 Å². The minimum Gasteiger partial charge on any atom is -0.460 e. The molecule has 0 N–H and O–H groups in total. The summed E-state index contributed by atoms with van der Waals surface area (Å²) in [6.45, 7) is 5.58. The van der Waals surface area contributed by atoms with Gasteiger partial charge in [0.1, 0.15) is 12.2 Å². The molecule has 21 heavy (non-hydrogen) atoms. The van der Waals surface area contributed by atoms with Crippen LogP contribution in [0.2, 0.25) is 0 Å². The maximum atomic E-state index is 12.3. The highest BCUT2D eigenvalue weighted by Gasteiger charge is 2.54. The Labute approximate surface area is 125 Å². The van der Waals surface area contributed by atoms with Gasteiger partial charge in [-0.2, -0.15) is 0 Å². The smallest absolute Gasteiger partial charge is 0.324 e. The van der Waals surface area contributed by atoms with Crippen molar-refractivity contribution in [3.05, 3.63) is 35.9 Å². The fourth-order valence-corrected chi connectivity index (χ4v) is 2.26. The molecule has 1 aromatic carbocycles. The molecule has 1 aliphatic rings. The highest BCUT2D eigenvalue weighted by Crippen LogP contribution is 2.44. The first-order valence-corrected chi connectivity index (χ1v) is 7.28. The Morgan fingerprint density at radius 3 is 2.19 bits per heavy atom. The van der Waals surface area contributed by atoms with E-state index >= 15 is 0 Å². The Kier molecular flexibility index (Phi) is 4.35. The van der Waals surface area contributed by atoms with Crippen molar-refractivity contribution in [3.8, 4) is 0 Å². The normalized spacial score (nSPS) is 16.7. The molecule has 1 aliphatic carbocycles. The molecule has 0 radical (unpaired) electrons. The summed E-state index contributed by atoms with van der Waals surface area (Å²) in [5.41, 5.74) is -0.786. The molecule has 0 atom stereocenters. The first-order valence-electron chi connectivity index (χ1n) is 7.28. The zero-order valence-electron chi connectivity index (χ0n) is 12.8. The van der Waals surface area contributed by atoms with Gasteiger partial charge in [0, 0.05) is 0 Å². The molecule has 4 heteroatoms. The van der Waals surface area contributed by atoms with Crippen LogP contribution >= 0.6 is 0 Å². The van der Waals surface area contributed by atoms with Crippen molar-refractivity contribution in [1.82, 2.24) is 0 Å². The van der Waals surface area contributed by atoms with Crippen LogP contribution in [0.15, 0.2) is 30.3 Å². The van der Waals surface area contributed by atoms with Gasteiger partial charge in [-0.3, -0.25) is 9.59 Å². The van der Waals surface area contributed by atoms with Crippen LogP contribution < -0.4 is 0 Å². The van der Waals surface area contributed by atoms with Crippen LogP contribution in [0.5, 0.6) is 0 Å². The predicted molar refractivity (Wildman–Crippen MR) is 78.4 cm³/mol. The monoisotopic (exact) mass is 290 g/mol. The van der Waals surface area contributed by atoms with Gasteiger partial charge in [0.15, 0.2) is 5.41 Å². The average Bonchev–Trinajstić information content (AvgIpc) is 2.34. The molecule has 0 heterocycles. The van der Waals surface area contributed by atoms with Gasteiger partial charge in [-0.25, -0.2) is 0 Å². The second kappa shape index (κ2) is 5.88. The zero-order valence-corrected chi connectivity index (χ0v) is 12.8. The van der Waals surface area contributed by atoms with Gasteiger partial charge in [0.2, 0.25) is 0 Å². The molecule has 0 aliphatic heterocycles. The van der Waals surface area contributed by atoms with E-state index in [0.717, 1.165) is 12.0 Å². The number of benzene rings is 1. The molecule has 0 saturated heterocycles. The van der Waals surface area contributed by atoms with Gasteiger partial charge >= 0.3 is 11.9 Å². The van der Waals surface area contributed by atoms with Crippen LogP contribution in [0.3, 0.4) is 0 Å². The van der Waals surface area contributed by atoms with Gasteiger partial charge in [0.05, 0.1) is 0 Å². The summed E-state index contributed by atoms with van der Waals surface area (Å²) < 4.78 is 10.7. The molecule has 1 fully saturated rings. The summed E-state index contributed by atoms with van der Waals surface area (Å²) in [7, 11) is 0. The molecular formula is C17H22O4. The van der Waals surface area contributed by atoms with Crippen molar-refractivity contribution < 1.29 is 19.1 Å². The number of hydrogen-bond acceptors (Lipinski definition) is 4. The van der Waals surface area contributed by atoms with E-state index < -0.39 is 23.0 Å². The molecular weight excluding hydrogens is 268 g/mol. The zero-order chi connectivity index (χ0) is 15.5. The van der Waals surface area contributed by atoms with Crippen molar-refractivity contribution in [2.45, 2.75) is 52.2 Å². The molecule has 1 saturated carbocycles. The van der Waals surface area contributed by atoms with Gasteiger partial charge < -0.3 is 9.47 Å². The van der Waals surface area contributed by atoms with Crippen LogP contribution in [0.1, 0.15) is 45.6 Å². The minimum atomic E-state index is -1.10. The summed E-state index contributed by atoms with van der Waals surface area (Å²) in [4.78, 5) is 24.6. The van der Waals surface area contributed by atoms with E-state index in [-0.39, 0.29) is 6.61 Å². The Morgan fingerprint density at radius 1 is 1.10 bits per heavy atom. The molecule has 114 valence electrons. The Bertz CT molecular complexity index is 509. The lowest BCUT2D eigenvalue weighted by Gasteiger charge is -2.38. The van der Waals surface area contributed by atoms with Crippen molar-refractivity contribution in [2.24, 2.45) is 5.41 Å². The van der Waals surface area contributed by atoms with E-state index in [1.54, 1.807) is 20.8 Å². The highest BCUT2D eigenvalue weighted by molar-refractivity contribution is 6.01. The van der Waals surface area contributed by atoms with Crippen LogP contribution in [0.4, 0.5) is 0 Å². The van der Waals surface area contributed by atoms with Gasteiger partial charge in [0.25, 0.3) is 0 Å².